The van der Waals surface area contributed by atoms with Crippen molar-refractivity contribution in [3.05, 3.63) is 0 Å². The average molecular weight is 175 g/mol. The Hall–Kier alpha value is -0.200. The molecule has 2 fully saturated rings. The number of hydrogen-bond donors (Lipinski definition) is 4. The summed E-state index contributed by atoms with van der Waals surface area (Å²) in [5, 5.41) is 37.3. The van der Waals surface area contributed by atoms with Gasteiger partial charge in [0.15, 0.2) is 0 Å². The van der Waals surface area contributed by atoms with Crippen LogP contribution in [0.15, 0.2) is 0 Å². The Kier molecular flexibility index (Phi) is 1.53. The van der Waals surface area contributed by atoms with E-state index in [1.807, 2.05) is 0 Å². The quantitative estimate of drug-likeness (QED) is 0.315. The van der Waals surface area contributed by atoms with Gasteiger partial charge in [-0.15, -0.1) is 0 Å². The van der Waals surface area contributed by atoms with Crippen molar-refractivity contribution >= 4 is 0 Å². The van der Waals surface area contributed by atoms with E-state index in [0.29, 0.717) is 13.0 Å². The van der Waals surface area contributed by atoms with Gasteiger partial charge in [-0.3, -0.25) is 4.90 Å². The molecule has 2 heterocycles. The summed E-state index contributed by atoms with van der Waals surface area (Å²) in [7, 11) is 0. The largest absolute Gasteiger partial charge is 0.360 e. The molecule has 0 aromatic heterocycles. The van der Waals surface area contributed by atoms with Crippen LogP contribution in [0.1, 0.15) is 12.8 Å². The highest BCUT2D eigenvalue weighted by atomic mass is 16.6. The van der Waals surface area contributed by atoms with Crippen molar-refractivity contribution < 1.29 is 20.4 Å². The van der Waals surface area contributed by atoms with Gasteiger partial charge in [0.05, 0.1) is 12.6 Å². The molecule has 0 amide bonds. The molecular weight excluding hydrogens is 162 g/mol. The minimum atomic E-state index is -2.38. The van der Waals surface area contributed by atoms with Gasteiger partial charge in [-0.2, -0.15) is 0 Å². The number of fused-ring (bicyclic) bond motifs is 1. The molecule has 0 aromatic rings. The zero-order valence-corrected chi connectivity index (χ0v) is 6.64. The van der Waals surface area contributed by atoms with Gasteiger partial charge in [0.1, 0.15) is 0 Å². The van der Waals surface area contributed by atoms with Crippen molar-refractivity contribution in [3.8, 4) is 0 Å². The molecule has 0 radical (unpaired) electrons. The predicted molar refractivity (Wildman–Crippen MR) is 38.9 cm³/mol. The normalized spacial score (nSPS) is 38.5. The molecular formula is C7H13NO4. The molecule has 4 N–H and O–H groups in total. The van der Waals surface area contributed by atoms with Crippen LogP contribution in [0.3, 0.4) is 0 Å². The van der Waals surface area contributed by atoms with E-state index in [-0.39, 0.29) is 6.54 Å². The van der Waals surface area contributed by atoms with Crippen LogP contribution < -0.4 is 0 Å². The smallest absolute Gasteiger partial charge is 0.235 e. The van der Waals surface area contributed by atoms with Crippen LogP contribution in [-0.4, -0.2) is 56.0 Å². The third-order valence-electron chi connectivity index (χ3n) is 2.84. The number of rotatable bonds is 0. The Morgan fingerprint density at radius 1 is 1.17 bits per heavy atom. The third-order valence-corrected chi connectivity index (χ3v) is 2.84. The maximum Gasteiger partial charge on any atom is 0.235 e. The lowest BCUT2D eigenvalue weighted by atomic mass is 10.0. The monoisotopic (exact) mass is 175 g/mol. The fraction of sp³-hybridized carbons (Fsp3) is 1.00. The Labute approximate surface area is 69.9 Å². The Morgan fingerprint density at radius 2 is 1.83 bits per heavy atom. The van der Waals surface area contributed by atoms with Crippen molar-refractivity contribution in [2.24, 2.45) is 0 Å². The molecule has 2 saturated heterocycles. The topological polar surface area (TPSA) is 84.2 Å². The predicted octanol–water partition coefficient (Wildman–Crippen LogP) is -2.17. The lowest BCUT2D eigenvalue weighted by Crippen LogP contribution is -2.56. The molecule has 0 aliphatic carbocycles. The van der Waals surface area contributed by atoms with Gasteiger partial charge in [0, 0.05) is 0 Å². The zero-order valence-electron chi connectivity index (χ0n) is 6.64. The molecule has 5 nitrogen and oxygen atoms in total. The van der Waals surface area contributed by atoms with Crippen LogP contribution in [-0.2, 0) is 0 Å². The lowest BCUT2D eigenvalue weighted by molar-refractivity contribution is -0.338. The van der Waals surface area contributed by atoms with Crippen molar-refractivity contribution in [1.82, 2.24) is 4.90 Å². The maximum atomic E-state index is 9.41. The SMILES string of the molecule is OC1(O)CN2CCCC2C1(O)O. The molecule has 0 aromatic carbocycles. The van der Waals surface area contributed by atoms with Gasteiger partial charge in [-0.25, -0.2) is 0 Å². The molecule has 2 aliphatic rings. The van der Waals surface area contributed by atoms with E-state index in [1.54, 1.807) is 4.90 Å². The Balaban J connectivity index is 2.29. The third kappa shape index (κ3) is 0.855. The van der Waals surface area contributed by atoms with E-state index >= 15 is 0 Å². The number of hydrogen-bond acceptors (Lipinski definition) is 5. The van der Waals surface area contributed by atoms with Crippen LogP contribution in [0.2, 0.25) is 0 Å². The van der Waals surface area contributed by atoms with E-state index in [2.05, 4.69) is 0 Å². The van der Waals surface area contributed by atoms with Crippen molar-refractivity contribution in [2.45, 2.75) is 30.5 Å². The molecule has 1 atom stereocenters. The highest BCUT2D eigenvalue weighted by molar-refractivity contribution is 5.05. The van der Waals surface area contributed by atoms with E-state index in [0.717, 1.165) is 6.42 Å². The minimum absolute atomic E-state index is 0.0787. The fourth-order valence-corrected chi connectivity index (χ4v) is 2.14. The van der Waals surface area contributed by atoms with E-state index in [1.165, 1.54) is 0 Å². The summed E-state index contributed by atoms with van der Waals surface area (Å²) in [5.41, 5.74) is 0. The molecule has 0 saturated carbocycles. The first-order valence-corrected chi connectivity index (χ1v) is 4.09. The molecule has 5 heteroatoms. The summed E-state index contributed by atoms with van der Waals surface area (Å²) in [6.07, 6.45) is 1.49. The zero-order chi connectivity index (χ0) is 8.98. The molecule has 70 valence electrons. The van der Waals surface area contributed by atoms with Gasteiger partial charge in [0.2, 0.25) is 11.6 Å². The van der Waals surface area contributed by atoms with Gasteiger partial charge < -0.3 is 20.4 Å². The number of aliphatic hydroxyl groups is 4. The van der Waals surface area contributed by atoms with Crippen molar-refractivity contribution in [1.29, 1.82) is 0 Å². The lowest BCUT2D eigenvalue weighted by Gasteiger charge is -2.30. The molecule has 12 heavy (non-hydrogen) atoms. The average Bonchev–Trinajstić information content (AvgIpc) is 2.39. The van der Waals surface area contributed by atoms with Crippen LogP contribution >= 0.6 is 0 Å². The van der Waals surface area contributed by atoms with Gasteiger partial charge in [0.25, 0.3) is 0 Å². The van der Waals surface area contributed by atoms with Crippen LogP contribution in [0, 0.1) is 0 Å². The second kappa shape index (κ2) is 2.18. The first kappa shape index (κ1) is 8.40. The van der Waals surface area contributed by atoms with Crippen LogP contribution in [0.5, 0.6) is 0 Å². The van der Waals surface area contributed by atoms with Crippen LogP contribution in [0.25, 0.3) is 0 Å². The summed E-state index contributed by atoms with van der Waals surface area (Å²) < 4.78 is 0. The van der Waals surface area contributed by atoms with Gasteiger partial charge >= 0.3 is 0 Å². The highest BCUT2D eigenvalue weighted by Crippen LogP contribution is 2.39. The van der Waals surface area contributed by atoms with E-state index in [4.69, 9.17) is 0 Å². The van der Waals surface area contributed by atoms with Crippen LogP contribution in [0.4, 0.5) is 0 Å². The first-order valence-electron chi connectivity index (χ1n) is 4.09. The number of nitrogens with zero attached hydrogens (tertiary/aromatic N) is 1. The van der Waals surface area contributed by atoms with Gasteiger partial charge in [-0.1, -0.05) is 0 Å². The summed E-state index contributed by atoms with van der Waals surface area (Å²) in [6, 6.07) is -0.521. The van der Waals surface area contributed by atoms with E-state index in [9.17, 15) is 20.4 Å². The first-order chi connectivity index (χ1) is 5.45. The Morgan fingerprint density at radius 3 is 2.42 bits per heavy atom. The second-order valence-electron chi connectivity index (χ2n) is 3.67. The minimum Gasteiger partial charge on any atom is -0.360 e. The summed E-state index contributed by atoms with van der Waals surface area (Å²) in [5.74, 6) is -4.75. The summed E-state index contributed by atoms with van der Waals surface area (Å²) in [6.45, 7) is 0.626. The second-order valence-corrected chi connectivity index (χ2v) is 3.67. The van der Waals surface area contributed by atoms with Gasteiger partial charge in [-0.05, 0) is 19.4 Å². The Bertz CT molecular complexity index is 204. The maximum absolute atomic E-state index is 9.41. The molecule has 2 aliphatic heterocycles. The fourth-order valence-electron chi connectivity index (χ4n) is 2.14. The molecule has 2 rings (SSSR count). The van der Waals surface area contributed by atoms with E-state index < -0.39 is 17.6 Å². The molecule has 1 unspecified atom stereocenters. The summed E-state index contributed by atoms with van der Waals surface area (Å²) in [4.78, 5) is 1.69. The standard InChI is InChI=1S/C7H13NO4/c9-6(10)4-8-3-1-2-5(8)7(6,11)12/h5,9-12H,1-4H2. The van der Waals surface area contributed by atoms with Crippen molar-refractivity contribution in [2.75, 3.05) is 13.1 Å². The van der Waals surface area contributed by atoms with Crippen molar-refractivity contribution in [3.63, 3.8) is 0 Å². The molecule has 0 spiro atoms. The molecule has 0 bridgehead atoms. The summed E-state index contributed by atoms with van der Waals surface area (Å²) >= 11 is 0. The highest BCUT2D eigenvalue weighted by Gasteiger charge is 2.62.